The molecule has 3 aromatic rings. The normalized spacial score (nSPS) is 10.8. The molecule has 3 rings (SSSR count). The van der Waals surface area contributed by atoms with E-state index in [4.69, 9.17) is 9.47 Å². The van der Waals surface area contributed by atoms with Gasteiger partial charge in [-0.3, -0.25) is 9.52 Å². The number of hydrogen-bond acceptors (Lipinski definition) is 5. The number of nitrogens with one attached hydrogen (secondary N) is 2. The highest BCUT2D eigenvalue weighted by atomic mass is 32.2. The van der Waals surface area contributed by atoms with Crippen LogP contribution in [-0.4, -0.2) is 28.5 Å². The molecule has 0 radical (unpaired) electrons. The Morgan fingerprint density at radius 1 is 0.759 bits per heavy atom. The van der Waals surface area contributed by atoms with Crippen LogP contribution in [0.5, 0.6) is 11.5 Å². The number of hydrogen-bond donors (Lipinski definition) is 2. The molecule has 150 valence electrons. The van der Waals surface area contributed by atoms with E-state index >= 15 is 0 Å². The number of amides is 1. The van der Waals surface area contributed by atoms with Gasteiger partial charge in [-0.1, -0.05) is 12.1 Å². The summed E-state index contributed by atoms with van der Waals surface area (Å²) in [5.41, 5.74) is 0.909. The lowest BCUT2D eigenvalue weighted by Crippen LogP contribution is -2.20. The van der Waals surface area contributed by atoms with Crippen LogP contribution in [0.3, 0.4) is 0 Å². The molecule has 0 aliphatic carbocycles. The first-order chi connectivity index (χ1) is 13.9. The van der Waals surface area contributed by atoms with Crippen molar-refractivity contribution < 1.29 is 22.7 Å². The second kappa shape index (κ2) is 8.66. The van der Waals surface area contributed by atoms with Gasteiger partial charge in [-0.15, -0.1) is 0 Å². The Balaban J connectivity index is 1.85. The topological polar surface area (TPSA) is 93.7 Å². The van der Waals surface area contributed by atoms with Gasteiger partial charge in [0.2, 0.25) is 0 Å². The third-order valence-electron chi connectivity index (χ3n) is 4.11. The Morgan fingerprint density at radius 2 is 1.28 bits per heavy atom. The van der Waals surface area contributed by atoms with E-state index in [1.807, 2.05) is 0 Å². The molecule has 0 unspecified atom stereocenters. The first kappa shape index (κ1) is 20.2. The molecule has 0 spiro atoms. The van der Waals surface area contributed by atoms with Crippen LogP contribution in [0.4, 0.5) is 11.4 Å². The molecule has 2 N–H and O–H groups in total. The molecular weight excluding hydrogens is 392 g/mol. The van der Waals surface area contributed by atoms with Crippen LogP contribution < -0.4 is 19.5 Å². The standard InChI is InChI=1S/C21H20N2O5S/c1-27-17-11-7-15(8-12-17)22-21(24)19-5-3-4-6-20(19)29(25,26)23-16-9-13-18(28-2)14-10-16/h3-14,23H,1-2H3,(H,22,24). The van der Waals surface area contributed by atoms with Gasteiger partial charge >= 0.3 is 0 Å². The number of methoxy groups -OCH3 is 2. The van der Waals surface area contributed by atoms with E-state index in [1.165, 1.54) is 19.2 Å². The molecule has 0 bridgehead atoms. The van der Waals surface area contributed by atoms with E-state index in [2.05, 4.69) is 10.0 Å². The number of ether oxygens (including phenoxy) is 2. The maximum absolute atomic E-state index is 12.9. The van der Waals surface area contributed by atoms with Gasteiger partial charge in [0.25, 0.3) is 15.9 Å². The summed E-state index contributed by atoms with van der Waals surface area (Å²) in [7, 11) is -0.912. The highest BCUT2D eigenvalue weighted by Gasteiger charge is 2.22. The van der Waals surface area contributed by atoms with E-state index in [-0.39, 0.29) is 10.5 Å². The molecule has 7 nitrogen and oxygen atoms in total. The Hall–Kier alpha value is -3.52. The Bertz CT molecular complexity index is 1090. The molecule has 0 aliphatic rings. The number of benzene rings is 3. The smallest absolute Gasteiger partial charge is 0.262 e. The molecule has 0 aliphatic heterocycles. The van der Waals surface area contributed by atoms with Gasteiger partial charge in [-0.2, -0.15) is 0 Å². The van der Waals surface area contributed by atoms with Crippen molar-refractivity contribution in [3.05, 3.63) is 78.4 Å². The number of carbonyl (C=O) groups is 1. The first-order valence-electron chi connectivity index (χ1n) is 8.64. The van der Waals surface area contributed by atoms with E-state index < -0.39 is 15.9 Å². The first-order valence-corrected chi connectivity index (χ1v) is 10.1. The quantitative estimate of drug-likeness (QED) is 0.616. The lowest BCUT2D eigenvalue weighted by Gasteiger charge is -2.13. The SMILES string of the molecule is COc1ccc(NC(=O)c2ccccc2S(=O)(=O)Nc2ccc(OC)cc2)cc1. The third kappa shape index (κ3) is 4.85. The summed E-state index contributed by atoms with van der Waals surface area (Å²) < 4.78 is 38.4. The Kier molecular flexibility index (Phi) is 6.04. The molecule has 3 aromatic carbocycles. The van der Waals surface area contributed by atoms with Gasteiger partial charge in [0.15, 0.2) is 0 Å². The number of carbonyl (C=O) groups excluding carboxylic acids is 1. The molecule has 1 amide bonds. The molecule has 0 saturated carbocycles. The molecule has 0 atom stereocenters. The molecule has 0 heterocycles. The predicted octanol–water partition coefficient (Wildman–Crippen LogP) is 3.76. The van der Waals surface area contributed by atoms with Crippen molar-refractivity contribution in [2.75, 3.05) is 24.3 Å². The molecule has 29 heavy (non-hydrogen) atoms. The van der Waals surface area contributed by atoms with E-state index in [0.29, 0.717) is 22.9 Å². The predicted molar refractivity (Wildman–Crippen MR) is 111 cm³/mol. The zero-order valence-corrected chi connectivity index (χ0v) is 16.7. The van der Waals surface area contributed by atoms with Gasteiger partial charge in [0, 0.05) is 11.4 Å². The number of rotatable bonds is 7. The second-order valence-electron chi connectivity index (χ2n) is 6.01. The number of anilines is 2. The minimum absolute atomic E-state index is 0.0318. The molecule has 0 saturated heterocycles. The maximum Gasteiger partial charge on any atom is 0.262 e. The largest absolute Gasteiger partial charge is 0.497 e. The fourth-order valence-corrected chi connectivity index (χ4v) is 3.89. The van der Waals surface area contributed by atoms with Gasteiger partial charge in [0.05, 0.1) is 19.8 Å². The summed E-state index contributed by atoms with van der Waals surface area (Å²) >= 11 is 0. The summed E-state index contributed by atoms with van der Waals surface area (Å²) in [5.74, 6) is 0.716. The summed E-state index contributed by atoms with van der Waals surface area (Å²) in [5, 5.41) is 2.70. The summed E-state index contributed by atoms with van der Waals surface area (Å²) in [4.78, 5) is 12.6. The third-order valence-corrected chi connectivity index (χ3v) is 5.55. The average molecular weight is 412 g/mol. The fourth-order valence-electron chi connectivity index (χ4n) is 2.63. The van der Waals surface area contributed by atoms with Crippen LogP contribution in [0.25, 0.3) is 0 Å². The average Bonchev–Trinajstić information content (AvgIpc) is 2.74. The van der Waals surface area contributed by atoms with Crippen LogP contribution in [0, 0.1) is 0 Å². The minimum Gasteiger partial charge on any atom is -0.497 e. The van der Waals surface area contributed by atoms with Crippen molar-refractivity contribution in [3.8, 4) is 11.5 Å². The van der Waals surface area contributed by atoms with Crippen LogP contribution in [0.1, 0.15) is 10.4 Å². The molecular formula is C21H20N2O5S. The van der Waals surface area contributed by atoms with Crippen LogP contribution in [0.15, 0.2) is 77.7 Å². The van der Waals surface area contributed by atoms with Gasteiger partial charge in [0.1, 0.15) is 16.4 Å². The highest BCUT2D eigenvalue weighted by molar-refractivity contribution is 7.92. The van der Waals surface area contributed by atoms with E-state index in [9.17, 15) is 13.2 Å². The number of sulfonamides is 1. The van der Waals surface area contributed by atoms with Crippen molar-refractivity contribution in [1.82, 2.24) is 0 Å². The van der Waals surface area contributed by atoms with Crippen LogP contribution >= 0.6 is 0 Å². The fraction of sp³-hybridized carbons (Fsp3) is 0.0952. The molecule has 0 fully saturated rings. The monoisotopic (exact) mass is 412 g/mol. The molecule has 0 aromatic heterocycles. The highest BCUT2D eigenvalue weighted by Crippen LogP contribution is 2.23. The maximum atomic E-state index is 12.9. The van der Waals surface area contributed by atoms with Crippen LogP contribution in [0.2, 0.25) is 0 Å². The second-order valence-corrected chi connectivity index (χ2v) is 7.66. The minimum atomic E-state index is -3.98. The summed E-state index contributed by atoms with van der Waals surface area (Å²) in [6.07, 6.45) is 0. The lowest BCUT2D eigenvalue weighted by atomic mass is 10.2. The molecule has 8 heteroatoms. The van der Waals surface area contributed by atoms with Crippen molar-refractivity contribution in [2.45, 2.75) is 4.90 Å². The van der Waals surface area contributed by atoms with Crippen molar-refractivity contribution >= 4 is 27.3 Å². The van der Waals surface area contributed by atoms with E-state index in [1.54, 1.807) is 67.8 Å². The van der Waals surface area contributed by atoms with Crippen molar-refractivity contribution in [2.24, 2.45) is 0 Å². The van der Waals surface area contributed by atoms with Crippen molar-refractivity contribution in [1.29, 1.82) is 0 Å². The van der Waals surface area contributed by atoms with Gasteiger partial charge in [-0.05, 0) is 60.7 Å². The van der Waals surface area contributed by atoms with Gasteiger partial charge < -0.3 is 14.8 Å². The lowest BCUT2D eigenvalue weighted by molar-refractivity contribution is 0.102. The zero-order valence-electron chi connectivity index (χ0n) is 15.9. The summed E-state index contributed by atoms with van der Waals surface area (Å²) in [6, 6.07) is 19.2. The van der Waals surface area contributed by atoms with E-state index in [0.717, 1.165) is 0 Å². The van der Waals surface area contributed by atoms with Gasteiger partial charge in [-0.25, -0.2) is 8.42 Å². The van der Waals surface area contributed by atoms with Crippen molar-refractivity contribution in [3.63, 3.8) is 0 Å². The Morgan fingerprint density at radius 3 is 1.83 bits per heavy atom. The van der Waals surface area contributed by atoms with Crippen LogP contribution in [-0.2, 0) is 10.0 Å². The Labute approximate surface area is 169 Å². The summed E-state index contributed by atoms with van der Waals surface area (Å²) in [6.45, 7) is 0. The zero-order chi connectivity index (χ0) is 20.9.